The number of amides is 2. The number of benzene rings is 1. The van der Waals surface area contributed by atoms with Gasteiger partial charge in [-0.25, -0.2) is 9.78 Å². The van der Waals surface area contributed by atoms with Gasteiger partial charge in [-0.3, -0.25) is 4.90 Å². The minimum Gasteiger partial charge on any atom is -0.493 e. The summed E-state index contributed by atoms with van der Waals surface area (Å²) in [6.07, 6.45) is 7.83. The molecular formula is C25H32N4O3. The number of aromatic amines is 1. The minimum absolute atomic E-state index is 0.00588. The van der Waals surface area contributed by atoms with Gasteiger partial charge in [0, 0.05) is 48.7 Å². The molecule has 32 heavy (non-hydrogen) atoms. The largest absolute Gasteiger partial charge is 0.493 e. The van der Waals surface area contributed by atoms with Crippen LogP contribution in [0.25, 0.3) is 11.0 Å². The second-order valence-electron chi connectivity index (χ2n) is 8.30. The molecule has 0 bridgehead atoms. The van der Waals surface area contributed by atoms with Crippen LogP contribution in [-0.4, -0.2) is 47.2 Å². The van der Waals surface area contributed by atoms with Crippen LogP contribution in [0.2, 0.25) is 0 Å². The molecule has 1 N–H and O–H groups in total. The summed E-state index contributed by atoms with van der Waals surface area (Å²) in [7, 11) is 1.64. The molecule has 2 amide bonds. The number of pyridine rings is 1. The van der Waals surface area contributed by atoms with Crippen LogP contribution in [0.1, 0.15) is 45.1 Å². The third-order valence-corrected chi connectivity index (χ3v) is 6.13. The van der Waals surface area contributed by atoms with Gasteiger partial charge in [0.15, 0.2) is 11.5 Å². The van der Waals surface area contributed by atoms with Gasteiger partial charge in [0.25, 0.3) is 0 Å². The molecule has 1 aliphatic rings. The molecule has 2 aromatic heterocycles. The quantitative estimate of drug-likeness (QED) is 0.458. The van der Waals surface area contributed by atoms with Crippen molar-refractivity contribution in [3.05, 3.63) is 48.3 Å². The van der Waals surface area contributed by atoms with Crippen LogP contribution in [0.15, 0.2) is 42.7 Å². The third kappa shape index (κ3) is 4.52. The lowest BCUT2D eigenvalue weighted by Gasteiger charge is -2.40. The van der Waals surface area contributed by atoms with Crippen LogP contribution in [0.5, 0.6) is 11.5 Å². The Morgan fingerprint density at radius 3 is 2.88 bits per heavy atom. The second kappa shape index (κ2) is 9.94. The smallest absolute Gasteiger partial charge is 0.325 e. The van der Waals surface area contributed by atoms with Crippen molar-refractivity contribution in [3.8, 4) is 11.5 Å². The van der Waals surface area contributed by atoms with Crippen molar-refractivity contribution in [2.24, 2.45) is 0 Å². The van der Waals surface area contributed by atoms with Crippen molar-refractivity contribution in [2.45, 2.75) is 52.1 Å². The molecule has 1 aromatic carbocycles. The van der Waals surface area contributed by atoms with Gasteiger partial charge in [-0.2, -0.15) is 0 Å². The van der Waals surface area contributed by atoms with Crippen molar-refractivity contribution < 1.29 is 14.3 Å². The summed E-state index contributed by atoms with van der Waals surface area (Å²) in [4.78, 5) is 24.8. The molecule has 170 valence electrons. The van der Waals surface area contributed by atoms with Gasteiger partial charge in [0.1, 0.15) is 5.65 Å². The minimum atomic E-state index is 0.00588. The fraction of sp³-hybridized carbons (Fsp3) is 0.440. The van der Waals surface area contributed by atoms with E-state index in [1.807, 2.05) is 46.3 Å². The number of aromatic nitrogens is 2. The highest BCUT2D eigenvalue weighted by molar-refractivity contribution is 5.93. The maximum atomic E-state index is 13.5. The zero-order chi connectivity index (χ0) is 22.5. The Labute approximate surface area is 189 Å². The molecule has 0 spiro atoms. The lowest BCUT2D eigenvalue weighted by molar-refractivity contribution is 0.166. The van der Waals surface area contributed by atoms with Crippen molar-refractivity contribution in [1.29, 1.82) is 0 Å². The molecule has 0 radical (unpaired) electrons. The Morgan fingerprint density at radius 2 is 2.06 bits per heavy atom. The van der Waals surface area contributed by atoms with Gasteiger partial charge in [0.05, 0.1) is 13.7 Å². The predicted octanol–water partition coefficient (Wildman–Crippen LogP) is 5.36. The summed E-state index contributed by atoms with van der Waals surface area (Å²) in [6.45, 7) is 6.14. The van der Waals surface area contributed by atoms with E-state index in [2.05, 4.69) is 23.8 Å². The number of anilines is 1. The van der Waals surface area contributed by atoms with Crippen LogP contribution in [0.4, 0.5) is 10.5 Å². The molecule has 1 fully saturated rings. The number of fused-ring (bicyclic) bond motifs is 1. The molecular weight excluding hydrogens is 404 g/mol. The van der Waals surface area contributed by atoms with Crippen LogP contribution in [0.3, 0.4) is 0 Å². The van der Waals surface area contributed by atoms with E-state index in [9.17, 15) is 4.79 Å². The van der Waals surface area contributed by atoms with Gasteiger partial charge in [0.2, 0.25) is 0 Å². The van der Waals surface area contributed by atoms with Gasteiger partial charge in [-0.1, -0.05) is 19.8 Å². The number of hydrogen-bond acceptors (Lipinski definition) is 4. The molecule has 1 unspecified atom stereocenters. The highest BCUT2D eigenvalue weighted by atomic mass is 16.5. The van der Waals surface area contributed by atoms with Crippen molar-refractivity contribution >= 4 is 22.8 Å². The highest BCUT2D eigenvalue weighted by Gasteiger charge is 2.32. The fourth-order valence-corrected chi connectivity index (χ4v) is 4.19. The molecule has 1 atom stereocenters. The fourth-order valence-electron chi connectivity index (χ4n) is 4.19. The number of ether oxygens (including phenoxy) is 2. The Hall–Kier alpha value is -3.22. The summed E-state index contributed by atoms with van der Waals surface area (Å²) < 4.78 is 11.5. The lowest BCUT2D eigenvalue weighted by atomic mass is 10.1. The van der Waals surface area contributed by atoms with E-state index in [4.69, 9.17) is 9.47 Å². The molecule has 7 heteroatoms. The van der Waals surface area contributed by atoms with E-state index in [0.717, 1.165) is 48.0 Å². The molecule has 3 aromatic rings. The summed E-state index contributed by atoms with van der Waals surface area (Å²) in [5.41, 5.74) is 2.77. The average Bonchev–Trinajstić information content (AvgIpc) is 3.29. The zero-order valence-corrected chi connectivity index (χ0v) is 19.1. The van der Waals surface area contributed by atoms with E-state index in [-0.39, 0.29) is 12.1 Å². The van der Waals surface area contributed by atoms with Crippen molar-refractivity contribution in [2.75, 3.05) is 25.2 Å². The number of urea groups is 1. The number of nitrogens with one attached hydrogen (secondary N) is 1. The summed E-state index contributed by atoms with van der Waals surface area (Å²) in [6, 6.07) is 9.90. The normalized spacial score (nSPS) is 16.6. The molecule has 4 rings (SSSR count). The number of methoxy groups -OCH3 is 1. The topological polar surface area (TPSA) is 70.7 Å². The summed E-state index contributed by atoms with van der Waals surface area (Å²) in [5, 5.41) is 1.05. The molecule has 1 saturated heterocycles. The molecule has 1 aliphatic heterocycles. The SMILES string of the molecule is CCCCCOc1cc(N2CCC(C)N(Cc3ccnc4[nH]ccc34)C2=O)ccc1OC. The number of hydrogen-bond donors (Lipinski definition) is 1. The van der Waals surface area contributed by atoms with Crippen molar-refractivity contribution in [3.63, 3.8) is 0 Å². The number of H-pyrrole nitrogens is 1. The standard InChI is InChI=1S/C25H32N4O3/c1-4-5-6-15-32-23-16-20(7-8-22(23)31-3)28-14-11-18(2)29(25(28)30)17-19-9-12-26-24-21(19)10-13-27-24/h7-10,12-13,16,18H,4-6,11,14-15,17H2,1-3H3,(H,26,27). The number of carbonyl (C=O) groups is 1. The Bertz CT molecular complexity index is 1060. The number of rotatable bonds is 9. The first-order valence-corrected chi connectivity index (χ1v) is 11.4. The first-order chi connectivity index (χ1) is 15.6. The molecule has 0 aliphatic carbocycles. The molecule has 0 saturated carbocycles. The summed E-state index contributed by atoms with van der Waals surface area (Å²) in [5.74, 6) is 1.37. The maximum Gasteiger partial charge on any atom is 0.325 e. The Morgan fingerprint density at radius 1 is 1.19 bits per heavy atom. The van der Waals surface area contributed by atoms with Gasteiger partial charge < -0.3 is 19.4 Å². The monoisotopic (exact) mass is 436 g/mol. The Balaban J connectivity index is 1.55. The van der Waals surface area contributed by atoms with Gasteiger partial charge in [-0.05, 0) is 49.6 Å². The van der Waals surface area contributed by atoms with E-state index in [1.165, 1.54) is 0 Å². The number of nitrogens with zero attached hydrogens (tertiary/aromatic N) is 3. The zero-order valence-electron chi connectivity index (χ0n) is 19.1. The lowest BCUT2D eigenvalue weighted by Crippen LogP contribution is -2.53. The number of carbonyl (C=O) groups excluding carboxylic acids is 1. The third-order valence-electron chi connectivity index (χ3n) is 6.13. The van der Waals surface area contributed by atoms with E-state index in [0.29, 0.717) is 31.2 Å². The Kier molecular flexibility index (Phi) is 6.83. The first-order valence-electron chi connectivity index (χ1n) is 11.4. The van der Waals surface area contributed by atoms with Gasteiger partial charge in [-0.15, -0.1) is 0 Å². The second-order valence-corrected chi connectivity index (χ2v) is 8.30. The van der Waals surface area contributed by atoms with Crippen molar-refractivity contribution in [1.82, 2.24) is 14.9 Å². The van der Waals surface area contributed by atoms with Crippen LogP contribution in [0, 0.1) is 0 Å². The highest BCUT2D eigenvalue weighted by Crippen LogP contribution is 2.34. The predicted molar refractivity (Wildman–Crippen MR) is 126 cm³/mol. The first kappa shape index (κ1) is 22.0. The number of unbranched alkanes of at least 4 members (excludes halogenated alkanes) is 2. The van der Waals surface area contributed by atoms with E-state index < -0.39 is 0 Å². The molecule has 3 heterocycles. The summed E-state index contributed by atoms with van der Waals surface area (Å²) >= 11 is 0. The van der Waals surface area contributed by atoms with Crippen LogP contribution >= 0.6 is 0 Å². The average molecular weight is 437 g/mol. The van der Waals surface area contributed by atoms with Crippen LogP contribution in [-0.2, 0) is 6.54 Å². The van der Waals surface area contributed by atoms with E-state index >= 15 is 0 Å². The van der Waals surface area contributed by atoms with Crippen LogP contribution < -0.4 is 14.4 Å². The maximum absolute atomic E-state index is 13.5. The van der Waals surface area contributed by atoms with Gasteiger partial charge >= 0.3 is 6.03 Å². The molecule has 7 nitrogen and oxygen atoms in total. The van der Waals surface area contributed by atoms with E-state index in [1.54, 1.807) is 13.3 Å².